The summed E-state index contributed by atoms with van der Waals surface area (Å²) in [7, 11) is 0. The summed E-state index contributed by atoms with van der Waals surface area (Å²) in [6, 6.07) is 0. The third-order valence-corrected chi connectivity index (χ3v) is 2.96. The van der Waals surface area contributed by atoms with Crippen molar-refractivity contribution in [2.24, 2.45) is 0 Å². The summed E-state index contributed by atoms with van der Waals surface area (Å²) < 4.78 is 6.28. The summed E-state index contributed by atoms with van der Waals surface area (Å²) in [4.78, 5) is 35.9. The number of alkyl halides is 1. The van der Waals surface area contributed by atoms with Crippen LogP contribution in [0.5, 0.6) is 0 Å². The normalized spacial score (nSPS) is 11.9. The van der Waals surface area contributed by atoms with Crippen molar-refractivity contribution in [3.05, 3.63) is 22.1 Å². The van der Waals surface area contributed by atoms with Gasteiger partial charge in [0.15, 0.2) is 11.9 Å². The summed E-state index contributed by atoms with van der Waals surface area (Å²) in [5.74, 6) is -1.75. The SMILES string of the molecule is Cc1ncc([N+](=O)[O-])n1C[C@H](CCl)OC(=O)CCC(=O)O. The van der Waals surface area contributed by atoms with E-state index in [0.717, 1.165) is 6.20 Å². The van der Waals surface area contributed by atoms with E-state index in [9.17, 15) is 19.7 Å². The molecule has 1 N–H and O–H groups in total. The average Bonchev–Trinajstić information content (AvgIpc) is 2.77. The molecule has 0 radical (unpaired) electrons. The van der Waals surface area contributed by atoms with Gasteiger partial charge in [0.05, 0.1) is 18.7 Å². The predicted molar refractivity (Wildman–Crippen MR) is 71.1 cm³/mol. The molecule has 1 atom stereocenters. The van der Waals surface area contributed by atoms with Crippen molar-refractivity contribution in [2.45, 2.75) is 32.4 Å². The fourth-order valence-corrected chi connectivity index (χ4v) is 1.76. The molecule has 1 aromatic rings. The Kier molecular flexibility index (Phi) is 6.10. The number of imidazole rings is 1. The summed E-state index contributed by atoms with van der Waals surface area (Å²) >= 11 is 5.68. The maximum atomic E-state index is 11.4. The van der Waals surface area contributed by atoms with Gasteiger partial charge in [-0.15, -0.1) is 11.6 Å². The van der Waals surface area contributed by atoms with Crippen LogP contribution >= 0.6 is 11.6 Å². The second-order valence-electron chi connectivity index (χ2n) is 4.19. The van der Waals surface area contributed by atoms with Gasteiger partial charge < -0.3 is 20.0 Å². The van der Waals surface area contributed by atoms with Crippen LogP contribution in [0.15, 0.2) is 6.20 Å². The van der Waals surface area contributed by atoms with Crippen LogP contribution in [0.25, 0.3) is 0 Å². The molecule has 0 aliphatic carbocycles. The highest BCUT2D eigenvalue weighted by atomic mass is 35.5. The Bertz CT molecular complexity index is 544. The van der Waals surface area contributed by atoms with Gasteiger partial charge in [-0.1, -0.05) is 0 Å². The van der Waals surface area contributed by atoms with Crippen molar-refractivity contribution in [1.29, 1.82) is 0 Å². The molecule has 10 heteroatoms. The minimum absolute atomic E-state index is 0.0234. The molecule has 0 aliphatic heterocycles. The number of nitrogens with zero attached hydrogens (tertiary/aromatic N) is 3. The lowest BCUT2D eigenvalue weighted by atomic mass is 10.3. The molecule has 0 unspecified atom stereocenters. The zero-order chi connectivity index (χ0) is 16.0. The van der Waals surface area contributed by atoms with E-state index in [4.69, 9.17) is 21.4 Å². The first kappa shape index (κ1) is 16.9. The number of halogens is 1. The zero-order valence-electron chi connectivity index (χ0n) is 11.2. The lowest BCUT2D eigenvalue weighted by Gasteiger charge is -2.14. The lowest BCUT2D eigenvalue weighted by Crippen LogP contribution is -2.26. The monoisotopic (exact) mass is 319 g/mol. The highest BCUT2D eigenvalue weighted by Crippen LogP contribution is 2.16. The van der Waals surface area contributed by atoms with Gasteiger partial charge in [-0.25, -0.2) is 9.55 Å². The molecule has 0 amide bonds. The number of carboxylic acids is 1. The van der Waals surface area contributed by atoms with Crippen molar-refractivity contribution in [3.63, 3.8) is 0 Å². The Labute approximate surface area is 124 Å². The molecule has 116 valence electrons. The summed E-state index contributed by atoms with van der Waals surface area (Å²) in [5, 5.41) is 19.3. The quantitative estimate of drug-likeness (QED) is 0.329. The van der Waals surface area contributed by atoms with E-state index in [1.807, 2.05) is 0 Å². The van der Waals surface area contributed by atoms with E-state index in [1.54, 1.807) is 6.92 Å². The molecule has 0 bridgehead atoms. The first-order valence-corrected chi connectivity index (χ1v) is 6.52. The smallest absolute Gasteiger partial charge is 0.342 e. The second kappa shape index (κ2) is 7.58. The van der Waals surface area contributed by atoms with E-state index in [-0.39, 0.29) is 31.1 Å². The number of carbonyl (C=O) groups is 2. The minimum atomic E-state index is -1.12. The van der Waals surface area contributed by atoms with Gasteiger partial charge in [0.2, 0.25) is 0 Å². The molecule has 0 saturated carbocycles. The fourth-order valence-electron chi connectivity index (χ4n) is 1.60. The highest BCUT2D eigenvalue weighted by Gasteiger charge is 2.23. The molecule has 1 heterocycles. The molecule has 1 rings (SSSR count). The highest BCUT2D eigenvalue weighted by molar-refractivity contribution is 6.18. The average molecular weight is 320 g/mol. The van der Waals surface area contributed by atoms with E-state index < -0.39 is 23.0 Å². The molecule has 0 spiro atoms. The largest absolute Gasteiger partial charge is 0.481 e. The number of carboxylic acid groups (broad SMARTS) is 1. The Morgan fingerprint density at radius 3 is 2.76 bits per heavy atom. The Morgan fingerprint density at radius 1 is 1.57 bits per heavy atom. The minimum Gasteiger partial charge on any atom is -0.481 e. The van der Waals surface area contributed by atoms with Crippen molar-refractivity contribution < 1.29 is 24.4 Å². The van der Waals surface area contributed by atoms with Gasteiger partial charge in [0, 0.05) is 6.92 Å². The number of aliphatic carboxylic acids is 1. The zero-order valence-corrected chi connectivity index (χ0v) is 11.9. The van der Waals surface area contributed by atoms with Crippen LogP contribution < -0.4 is 0 Å². The van der Waals surface area contributed by atoms with Gasteiger partial charge in [-0.2, -0.15) is 0 Å². The maximum Gasteiger partial charge on any atom is 0.342 e. The van der Waals surface area contributed by atoms with Gasteiger partial charge in [-0.3, -0.25) is 9.59 Å². The number of hydrogen-bond donors (Lipinski definition) is 1. The third-order valence-electron chi connectivity index (χ3n) is 2.62. The van der Waals surface area contributed by atoms with Crippen molar-refractivity contribution in [1.82, 2.24) is 9.55 Å². The Balaban J connectivity index is 2.70. The number of nitro groups is 1. The molecule has 0 saturated heterocycles. The summed E-state index contributed by atoms with van der Waals surface area (Å²) in [6.45, 7) is 1.55. The molecule has 9 nitrogen and oxygen atoms in total. The topological polar surface area (TPSA) is 125 Å². The van der Waals surface area contributed by atoms with Crippen molar-refractivity contribution >= 4 is 29.4 Å². The van der Waals surface area contributed by atoms with E-state index in [0.29, 0.717) is 5.82 Å². The summed E-state index contributed by atoms with van der Waals surface area (Å²) in [6.07, 6.45) is -0.335. The predicted octanol–water partition coefficient (Wildman–Crippen LogP) is 1.12. The van der Waals surface area contributed by atoms with E-state index >= 15 is 0 Å². The molecule has 1 aromatic heterocycles. The number of esters is 1. The van der Waals surface area contributed by atoms with Crippen LogP contribution in [0.3, 0.4) is 0 Å². The fraction of sp³-hybridized carbons (Fsp3) is 0.545. The number of ether oxygens (including phenoxy) is 1. The Morgan fingerprint density at radius 2 is 2.24 bits per heavy atom. The van der Waals surface area contributed by atoms with Crippen molar-refractivity contribution in [2.75, 3.05) is 5.88 Å². The van der Waals surface area contributed by atoms with Crippen LogP contribution in [0.2, 0.25) is 0 Å². The van der Waals surface area contributed by atoms with Crippen molar-refractivity contribution in [3.8, 4) is 0 Å². The molecule has 21 heavy (non-hydrogen) atoms. The molecule has 0 fully saturated rings. The first-order chi connectivity index (χ1) is 9.85. The Hall–Kier alpha value is -2.16. The number of hydrogen-bond acceptors (Lipinski definition) is 6. The van der Waals surface area contributed by atoms with Gasteiger partial charge >= 0.3 is 17.8 Å². The van der Waals surface area contributed by atoms with Gasteiger partial charge in [0.25, 0.3) is 0 Å². The van der Waals surface area contributed by atoms with Crippen LogP contribution in [-0.2, 0) is 20.9 Å². The molecule has 0 aromatic carbocycles. The summed E-state index contributed by atoms with van der Waals surface area (Å²) in [5.41, 5.74) is 0. The van der Waals surface area contributed by atoms with Crippen LogP contribution in [0, 0.1) is 17.0 Å². The van der Waals surface area contributed by atoms with Crippen LogP contribution in [-0.4, -0.2) is 43.5 Å². The number of carbonyl (C=O) groups excluding carboxylic acids is 1. The first-order valence-electron chi connectivity index (χ1n) is 5.99. The van der Waals surface area contributed by atoms with E-state index in [1.165, 1.54) is 4.57 Å². The lowest BCUT2D eigenvalue weighted by molar-refractivity contribution is -0.392. The maximum absolute atomic E-state index is 11.4. The van der Waals surface area contributed by atoms with E-state index in [2.05, 4.69) is 4.98 Å². The standard InChI is InChI=1S/C11H14ClN3O6/c1-7-13-5-9(15(19)20)14(7)6-8(4-12)21-11(18)3-2-10(16)17/h5,8H,2-4,6H2,1H3,(H,16,17)/t8-/m0/s1. The molecule has 0 aliphatic rings. The molecular weight excluding hydrogens is 306 g/mol. The number of aromatic nitrogens is 2. The van der Waals surface area contributed by atoms with Crippen LogP contribution in [0.1, 0.15) is 18.7 Å². The third kappa shape index (κ3) is 5.03. The number of rotatable bonds is 8. The number of aryl methyl sites for hydroxylation is 1. The van der Waals surface area contributed by atoms with Gasteiger partial charge in [-0.05, 0) is 4.92 Å². The second-order valence-corrected chi connectivity index (χ2v) is 4.50. The van der Waals surface area contributed by atoms with Crippen LogP contribution in [0.4, 0.5) is 5.82 Å². The molecular formula is C11H14ClN3O6. The van der Waals surface area contributed by atoms with Gasteiger partial charge in [0.1, 0.15) is 12.7 Å².